The first-order valence-electron chi connectivity index (χ1n) is 6.40. The Bertz CT molecular complexity index is 591. The quantitative estimate of drug-likeness (QED) is 0.321. The second-order valence-corrected chi connectivity index (χ2v) is 6.66. The summed E-state index contributed by atoms with van der Waals surface area (Å²) in [6.07, 6.45) is 1.90. The van der Waals surface area contributed by atoms with Gasteiger partial charge >= 0.3 is 21.6 Å². The molecule has 1 aliphatic rings. The van der Waals surface area contributed by atoms with Crippen molar-refractivity contribution >= 4 is 16.1 Å². The number of carbonyl (C=O) groups is 1. The maximum Gasteiger partial charge on any atom is 0.534 e. The molecule has 126 valence electrons. The number of halogens is 3. The molecule has 0 radical (unpaired) electrons. The van der Waals surface area contributed by atoms with Gasteiger partial charge in [-0.05, 0) is 38.7 Å². The maximum absolute atomic E-state index is 12.5. The fourth-order valence-electron chi connectivity index (χ4n) is 2.22. The normalized spacial score (nSPS) is 22.1. The minimum absolute atomic E-state index is 0.0637. The number of carbonyl (C=O) groups excluding carboxylic acids is 1. The van der Waals surface area contributed by atoms with Crippen molar-refractivity contribution in [3.05, 3.63) is 24.0 Å². The van der Waals surface area contributed by atoms with E-state index in [1.54, 1.807) is 6.92 Å². The summed E-state index contributed by atoms with van der Waals surface area (Å²) in [7, 11) is -4.75. The number of hydrogen-bond acceptors (Lipinski definition) is 5. The van der Waals surface area contributed by atoms with Crippen molar-refractivity contribution in [3.63, 3.8) is 0 Å². The van der Waals surface area contributed by atoms with E-state index in [9.17, 15) is 26.4 Å². The SMILES string of the molecule is C=C(C)CCC1(C(=O)OC)CCC=C1OS(=O)(=O)C(F)(F)F. The lowest BCUT2D eigenvalue weighted by Gasteiger charge is -2.29. The molecule has 9 heteroatoms. The predicted octanol–water partition coefficient (Wildman–Crippen LogP) is 3.05. The first kappa shape index (κ1) is 18.5. The summed E-state index contributed by atoms with van der Waals surface area (Å²) in [5, 5.41) is 0. The highest BCUT2D eigenvalue weighted by Gasteiger charge is 2.54. The van der Waals surface area contributed by atoms with Crippen molar-refractivity contribution in [1.82, 2.24) is 0 Å². The molecule has 0 fully saturated rings. The highest BCUT2D eigenvalue weighted by atomic mass is 32.2. The van der Waals surface area contributed by atoms with Crippen LogP contribution in [0.15, 0.2) is 24.0 Å². The zero-order chi connectivity index (χ0) is 17.2. The van der Waals surface area contributed by atoms with Crippen LogP contribution in [-0.2, 0) is 23.8 Å². The smallest absolute Gasteiger partial charge is 0.468 e. The zero-order valence-electron chi connectivity index (χ0n) is 12.2. The van der Waals surface area contributed by atoms with Crippen molar-refractivity contribution in [2.24, 2.45) is 5.41 Å². The molecule has 0 aromatic carbocycles. The summed E-state index contributed by atoms with van der Waals surface area (Å²) in [5.74, 6) is -1.35. The van der Waals surface area contributed by atoms with Crippen LogP contribution < -0.4 is 0 Å². The summed E-state index contributed by atoms with van der Waals surface area (Å²) >= 11 is 0. The van der Waals surface area contributed by atoms with Crippen molar-refractivity contribution in [3.8, 4) is 0 Å². The topological polar surface area (TPSA) is 69.7 Å². The first-order chi connectivity index (χ1) is 9.96. The van der Waals surface area contributed by atoms with Gasteiger partial charge in [-0.2, -0.15) is 21.6 Å². The standard InChI is InChI=1S/C13H17F3O5S/c1-9(2)6-8-12(11(17)20-3)7-4-5-10(12)21-22(18,19)13(14,15)16/h5H,1,4,6-8H2,2-3H3. The highest BCUT2D eigenvalue weighted by Crippen LogP contribution is 2.47. The van der Waals surface area contributed by atoms with Crippen molar-refractivity contribution < 1.29 is 35.3 Å². The molecule has 0 N–H and O–H groups in total. The summed E-state index contributed by atoms with van der Waals surface area (Å²) in [5.41, 5.74) is -6.40. The van der Waals surface area contributed by atoms with Crippen LogP contribution in [-0.4, -0.2) is 27.0 Å². The molecule has 5 nitrogen and oxygen atoms in total. The van der Waals surface area contributed by atoms with Crippen molar-refractivity contribution in [1.29, 1.82) is 0 Å². The van der Waals surface area contributed by atoms with Crippen molar-refractivity contribution in [2.75, 3.05) is 7.11 Å². The van der Waals surface area contributed by atoms with Gasteiger partial charge in [-0.25, -0.2) is 0 Å². The van der Waals surface area contributed by atoms with E-state index in [1.807, 2.05) is 0 Å². The number of alkyl halides is 3. The third-order valence-electron chi connectivity index (χ3n) is 3.41. The molecule has 0 aliphatic heterocycles. The van der Waals surface area contributed by atoms with Crippen LogP contribution in [0.2, 0.25) is 0 Å². The summed E-state index contributed by atoms with van der Waals surface area (Å²) in [6.45, 7) is 5.35. The van der Waals surface area contributed by atoms with Crippen LogP contribution in [0.3, 0.4) is 0 Å². The lowest BCUT2D eigenvalue weighted by atomic mass is 9.80. The largest absolute Gasteiger partial charge is 0.534 e. The Labute approximate surface area is 126 Å². The van der Waals surface area contributed by atoms with Gasteiger partial charge in [-0.3, -0.25) is 4.79 Å². The van der Waals surface area contributed by atoms with Crippen LogP contribution in [0.5, 0.6) is 0 Å². The van der Waals surface area contributed by atoms with Gasteiger partial charge in [0.2, 0.25) is 0 Å². The molecule has 1 unspecified atom stereocenters. The molecule has 0 saturated heterocycles. The summed E-state index contributed by atoms with van der Waals surface area (Å²) < 4.78 is 68.6. The van der Waals surface area contributed by atoms with Gasteiger partial charge in [-0.15, -0.1) is 6.58 Å². The molecule has 0 saturated carbocycles. The van der Waals surface area contributed by atoms with E-state index in [0.717, 1.165) is 7.11 Å². The molecule has 0 spiro atoms. The molecule has 0 aromatic rings. The number of hydrogen-bond donors (Lipinski definition) is 0. The zero-order valence-corrected chi connectivity index (χ0v) is 13.0. The fraction of sp³-hybridized carbons (Fsp3) is 0.615. The Morgan fingerprint density at radius 2 is 2.05 bits per heavy atom. The van der Waals surface area contributed by atoms with Gasteiger partial charge in [0.05, 0.1) is 7.11 Å². The molecule has 22 heavy (non-hydrogen) atoms. The average molecular weight is 342 g/mol. The Morgan fingerprint density at radius 3 is 2.50 bits per heavy atom. The predicted molar refractivity (Wildman–Crippen MR) is 71.9 cm³/mol. The van der Waals surface area contributed by atoms with Crippen LogP contribution in [0, 0.1) is 5.41 Å². The van der Waals surface area contributed by atoms with E-state index in [1.165, 1.54) is 6.08 Å². The van der Waals surface area contributed by atoms with Gasteiger partial charge in [0, 0.05) is 0 Å². The Hall–Kier alpha value is -1.51. The lowest BCUT2D eigenvalue weighted by molar-refractivity contribution is -0.152. The number of allylic oxidation sites excluding steroid dienone is 2. The molecule has 0 amide bonds. The second-order valence-electron chi connectivity index (χ2n) is 5.12. The molecule has 1 aliphatic carbocycles. The third kappa shape index (κ3) is 3.63. The van der Waals surface area contributed by atoms with E-state index in [4.69, 9.17) is 0 Å². The summed E-state index contributed by atoms with van der Waals surface area (Å²) in [4.78, 5) is 12.0. The Balaban J connectivity index is 3.15. The van der Waals surface area contributed by atoms with Crippen LogP contribution >= 0.6 is 0 Å². The Kier molecular flexibility index (Phi) is 5.32. The molecule has 0 aromatic heterocycles. The molecule has 1 rings (SSSR count). The minimum atomic E-state index is -5.83. The molecular weight excluding hydrogens is 325 g/mol. The van der Waals surface area contributed by atoms with Gasteiger partial charge in [0.25, 0.3) is 0 Å². The van der Waals surface area contributed by atoms with Gasteiger partial charge in [-0.1, -0.05) is 5.57 Å². The second kappa shape index (κ2) is 6.31. The van der Waals surface area contributed by atoms with Crippen molar-refractivity contribution in [2.45, 2.75) is 38.1 Å². The molecular formula is C13H17F3O5S. The van der Waals surface area contributed by atoms with Gasteiger partial charge in [0.1, 0.15) is 11.2 Å². The average Bonchev–Trinajstić information content (AvgIpc) is 2.77. The number of rotatable bonds is 6. The van der Waals surface area contributed by atoms with Crippen LogP contribution in [0.4, 0.5) is 13.2 Å². The molecule has 0 bridgehead atoms. The molecule has 1 atom stereocenters. The monoisotopic (exact) mass is 342 g/mol. The molecule has 0 heterocycles. The third-order valence-corrected chi connectivity index (χ3v) is 4.38. The van der Waals surface area contributed by atoms with Gasteiger partial charge in [0.15, 0.2) is 0 Å². The highest BCUT2D eigenvalue weighted by molar-refractivity contribution is 7.87. The number of methoxy groups -OCH3 is 1. The van der Waals surface area contributed by atoms with E-state index in [-0.39, 0.29) is 19.3 Å². The van der Waals surface area contributed by atoms with Gasteiger partial charge < -0.3 is 8.92 Å². The van der Waals surface area contributed by atoms with E-state index < -0.39 is 32.8 Å². The van der Waals surface area contributed by atoms with E-state index >= 15 is 0 Å². The van der Waals surface area contributed by atoms with Crippen LogP contribution in [0.25, 0.3) is 0 Å². The first-order valence-corrected chi connectivity index (χ1v) is 7.81. The van der Waals surface area contributed by atoms with E-state index in [0.29, 0.717) is 12.0 Å². The summed E-state index contributed by atoms with van der Waals surface area (Å²) in [6, 6.07) is 0. The minimum Gasteiger partial charge on any atom is -0.468 e. The number of ether oxygens (including phenoxy) is 1. The van der Waals surface area contributed by atoms with Crippen LogP contribution in [0.1, 0.15) is 32.6 Å². The Morgan fingerprint density at radius 1 is 1.45 bits per heavy atom. The van der Waals surface area contributed by atoms with E-state index in [2.05, 4.69) is 15.5 Å². The maximum atomic E-state index is 12.5. The lowest BCUT2D eigenvalue weighted by Crippen LogP contribution is -2.36. The fourth-order valence-corrected chi connectivity index (χ4v) is 2.78. The number of esters is 1.